The normalized spacial score (nSPS) is 10.1. The number of nitrogens with one attached hydrogen (secondary N) is 1. The van der Waals surface area contributed by atoms with Gasteiger partial charge in [0.1, 0.15) is 6.61 Å². The molecule has 0 aliphatic carbocycles. The van der Waals surface area contributed by atoms with Crippen LogP contribution < -0.4 is 5.32 Å². The molecule has 0 radical (unpaired) electrons. The van der Waals surface area contributed by atoms with Crippen molar-refractivity contribution in [2.24, 2.45) is 0 Å². The smallest absolute Gasteiger partial charge is 0.411 e. The number of benzene rings is 2. The van der Waals surface area contributed by atoms with E-state index < -0.39 is 12.1 Å². The first-order valence-corrected chi connectivity index (χ1v) is 8.05. The molecule has 2 aromatic carbocycles. The lowest BCUT2D eigenvalue weighted by molar-refractivity contribution is -0.136. The molecular formula is C17H17NO4S. The standard InChI is InChI=1S/C17H17NO4S/c19-16(20)10-11-23-15-9-5-4-8-14(15)18-17(21)22-12-13-6-2-1-3-7-13/h1-9H,10-12H2,(H,18,21)(H,19,20). The zero-order valence-corrected chi connectivity index (χ0v) is 13.2. The van der Waals surface area contributed by atoms with Crippen LogP contribution in [0.2, 0.25) is 0 Å². The minimum Gasteiger partial charge on any atom is -0.481 e. The molecule has 23 heavy (non-hydrogen) atoms. The van der Waals surface area contributed by atoms with Crippen molar-refractivity contribution < 1.29 is 19.4 Å². The van der Waals surface area contributed by atoms with Gasteiger partial charge in [-0.15, -0.1) is 11.8 Å². The van der Waals surface area contributed by atoms with Gasteiger partial charge >= 0.3 is 12.1 Å². The number of thioether (sulfide) groups is 1. The Kier molecular flexibility index (Phi) is 6.50. The molecular weight excluding hydrogens is 314 g/mol. The number of carboxylic acid groups (broad SMARTS) is 1. The van der Waals surface area contributed by atoms with E-state index in [1.165, 1.54) is 11.8 Å². The summed E-state index contributed by atoms with van der Waals surface area (Å²) in [6.45, 7) is 0.195. The van der Waals surface area contributed by atoms with E-state index in [4.69, 9.17) is 9.84 Å². The van der Waals surface area contributed by atoms with E-state index in [0.29, 0.717) is 11.4 Å². The second kappa shape index (κ2) is 8.85. The Morgan fingerprint density at radius 1 is 1.04 bits per heavy atom. The zero-order valence-electron chi connectivity index (χ0n) is 12.4. The van der Waals surface area contributed by atoms with Crippen LogP contribution in [-0.4, -0.2) is 22.9 Å². The second-order valence-corrected chi connectivity index (χ2v) is 5.81. The van der Waals surface area contributed by atoms with Crippen molar-refractivity contribution >= 4 is 29.5 Å². The molecule has 2 aromatic rings. The number of hydrogen-bond donors (Lipinski definition) is 2. The Labute approximate surface area is 138 Å². The number of hydrogen-bond acceptors (Lipinski definition) is 4. The minimum atomic E-state index is -0.842. The third-order valence-corrected chi connectivity index (χ3v) is 3.99. The van der Waals surface area contributed by atoms with E-state index in [2.05, 4.69) is 5.32 Å². The zero-order chi connectivity index (χ0) is 16.5. The lowest BCUT2D eigenvalue weighted by Gasteiger charge is -2.11. The van der Waals surface area contributed by atoms with Crippen LogP contribution >= 0.6 is 11.8 Å². The molecule has 120 valence electrons. The fraction of sp³-hybridized carbons (Fsp3) is 0.176. The maximum Gasteiger partial charge on any atom is 0.411 e. The van der Waals surface area contributed by atoms with Crippen molar-refractivity contribution in [3.8, 4) is 0 Å². The maximum absolute atomic E-state index is 11.9. The molecule has 0 atom stereocenters. The van der Waals surface area contributed by atoms with Crippen LogP contribution in [0.5, 0.6) is 0 Å². The average Bonchev–Trinajstić information content (AvgIpc) is 2.55. The number of anilines is 1. The number of para-hydroxylation sites is 1. The largest absolute Gasteiger partial charge is 0.481 e. The highest BCUT2D eigenvalue weighted by Crippen LogP contribution is 2.27. The van der Waals surface area contributed by atoms with E-state index in [9.17, 15) is 9.59 Å². The third-order valence-electron chi connectivity index (χ3n) is 2.91. The summed E-state index contributed by atoms with van der Waals surface area (Å²) >= 11 is 1.38. The molecule has 2 rings (SSSR count). The molecule has 0 saturated heterocycles. The summed E-state index contributed by atoms with van der Waals surface area (Å²) in [6, 6.07) is 16.6. The van der Waals surface area contributed by atoms with Crippen LogP contribution in [0.3, 0.4) is 0 Å². The molecule has 0 heterocycles. The lowest BCUT2D eigenvalue weighted by atomic mass is 10.2. The van der Waals surface area contributed by atoms with Crippen LogP contribution in [0.4, 0.5) is 10.5 Å². The lowest BCUT2D eigenvalue weighted by Crippen LogP contribution is -2.14. The van der Waals surface area contributed by atoms with Crippen molar-refractivity contribution in [2.75, 3.05) is 11.1 Å². The molecule has 0 bridgehead atoms. The number of rotatable bonds is 7. The fourth-order valence-corrected chi connectivity index (χ4v) is 2.76. The Hall–Kier alpha value is -2.47. The first kappa shape index (κ1) is 16.9. The van der Waals surface area contributed by atoms with Gasteiger partial charge in [-0.1, -0.05) is 42.5 Å². The second-order valence-electron chi connectivity index (χ2n) is 4.68. The molecule has 6 heteroatoms. The van der Waals surface area contributed by atoms with Crippen molar-refractivity contribution in [1.82, 2.24) is 0 Å². The molecule has 0 spiro atoms. The van der Waals surface area contributed by atoms with Gasteiger partial charge in [-0.25, -0.2) is 4.79 Å². The summed E-state index contributed by atoms with van der Waals surface area (Å²) in [4.78, 5) is 23.3. The van der Waals surface area contributed by atoms with Gasteiger partial charge < -0.3 is 9.84 Å². The number of aliphatic carboxylic acids is 1. The number of amides is 1. The van der Waals surface area contributed by atoms with Crippen molar-refractivity contribution in [3.63, 3.8) is 0 Å². The monoisotopic (exact) mass is 331 g/mol. The van der Waals surface area contributed by atoms with Crippen LogP contribution in [0.15, 0.2) is 59.5 Å². The first-order valence-electron chi connectivity index (χ1n) is 7.06. The van der Waals surface area contributed by atoms with Gasteiger partial charge in [0.25, 0.3) is 0 Å². The van der Waals surface area contributed by atoms with Crippen LogP contribution in [0.25, 0.3) is 0 Å². The van der Waals surface area contributed by atoms with E-state index >= 15 is 0 Å². The Morgan fingerprint density at radius 2 is 1.74 bits per heavy atom. The molecule has 1 amide bonds. The van der Waals surface area contributed by atoms with Crippen molar-refractivity contribution in [1.29, 1.82) is 0 Å². The van der Waals surface area contributed by atoms with Crippen molar-refractivity contribution in [3.05, 3.63) is 60.2 Å². The quantitative estimate of drug-likeness (QED) is 0.750. The highest BCUT2D eigenvalue weighted by molar-refractivity contribution is 7.99. The fourth-order valence-electron chi connectivity index (χ4n) is 1.81. The topological polar surface area (TPSA) is 75.6 Å². The highest BCUT2D eigenvalue weighted by atomic mass is 32.2. The summed E-state index contributed by atoms with van der Waals surface area (Å²) in [7, 11) is 0. The Bertz CT molecular complexity index is 661. The van der Waals surface area contributed by atoms with Crippen LogP contribution in [-0.2, 0) is 16.1 Å². The van der Waals surface area contributed by atoms with E-state index in [1.807, 2.05) is 42.5 Å². The molecule has 0 aliphatic rings. The van der Waals surface area contributed by atoms with Crippen molar-refractivity contribution in [2.45, 2.75) is 17.9 Å². The number of carbonyl (C=O) groups excluding carboxylic acids is 1. The van der Waals surface area contributed by atoms with Gasteiger partial charge in [0, 0.05) is 10.6 Å². The predicted molar refractivity (Wildman–Crippen MR) is 89.7 cm³/mol. The van der Waals surface area contributed by atoms with E-state index in [0.717, 1.165) is 10.5 Å². The maximum atomic E-state index is 11.9. The van der Waals surface area contributed by atoms with Crippen LogP contribution in [0, 0.1) is 0 Å². The number of carboxylic acids is 1. The molecule has 0 aromatic heterocycles. The Balaban J connectivity index is 1.88. The summed E-state index contributed by atoms with van der Waals surface area (Å²) in [5.41, 5.74) is 1.52. The summed E-state index contributed by atoms with van der Waals surface area (Å²) in [5, 5.41) is 11.4. The number of ether oxygens (including phenoxy) is 1. The summed E-state index contributed by atoms with van der Waals surface area (Å²) in [5.74, 6) is -0.405. The molecule has 5 nitrogen and oxygen atoms in total. The van der Waals surface area contributed by atoms with Gasteiger partial charge in [0.15, 0.2) is 0 Å². The van der Waals surface area contributed by atoms with E-state index in [1.54, 1.807) is 12.1 Å². The predicted octanol–water partition coefficient (Wildman–Crippen LogP) is 4.00. The summed E-state index contributed by atoms with van der Waals surface area (Å²) < 4.78 is 5.18. The molecule has 2 N–H and O–H groups in total. The SMILES string of the molecule is O=C(O)CCSc1ccccc1NC(=O)OCc1ccccc1. The third kappa shape index (κ3) is 6.04. The molecule has 0 saturated carbocycles. The van der Waals surface area contributed by atoms with Crippen LogP contribution in [0.1, 0.15) is 12.0 Å². The van der Waals surface area contributed by atoms with Gasteiger partial charge in [-0.3, -0.25) is 10.1 Å². The summed E-state index contributed by atoms with van der Waals surface area (Å²) in [6.07, 6.45) is -0.475. The van der Waals surface area contributed by atoms with Gasteiger partial charge in [-0.05, 0) is 17.7 Å². The van der Waals surface area contributed by atoms with E-state index in [-0.39, 0.29) is 13.0 Å². The van der Waals surface area contributed by atoms with Gasteiger partial charge in [0.2, 0.25) is 0 Å². The average molecular weight is 331 g/mol. The molecule has 0 aliphatic heterocycles. The van der Waals surface area contributed by atoms with Gasteiger partial charge in [0.05, 0.1) is 12.1 Å². The molecule has 0 unspecified atom stereocenters. The molecule has 0 fully saturated rings. The first-order chi connectivity index (χ1) is 11.1. The number of carbonyl (C=O) groups is 2. The Morgan fingerprint density at radius 3 is 2.48 bits per heavy atom. The highest BCUT2D eigenvalue weighted by Gasteiger charge is 2.09. The minimum absolute atomic E-state index is 0.0669. The van der Waals surface area contributed by atoms with Gasteiger partial charge in [-0.2, -0.15) is 0 Å².